The lowest BCUT2D eigenvalue weighted by Crippen LogP contribution is -2.54. The minimum Gasteiger partial charge on any atom is -0.450 e. The zero-order valence-electron chi connectivity index (χ0n) is 14.7. The van der Waals surface area contributed by atoms with E-state index in [0.29, 0.717) is 26.2 Å². The summed E-state index contributed by atoms with van der Waals surface area (Å²) >= 11 is 0. The number of hydrogen-bond acceptors (Lipinski definition) is 4. The smallest absolute Gasteiger partial charge is 0.409 e. The number of carbonyl (C=O) groups excluding carboxylic acids is 1. The highest BCUT2D eigenvalue weighted by Crippen LogP contribution is 2.25. The van der Waals surface area contributed by atoms with E-state index in [-0.39, 0.29) is 42.1 Å². The van der Waals surface area contributed by atoms with Gasteiger partial charge in [-0.25, -0.2) is 4.79 Å². The number of aliphatic hydroxyl groups is 1. The molecule has 0 aromatic carbocycles. The van der Waals surface area contributed by atoms with Crippen molar-refractivity contribution >= 4 is 36.0 Å². The van der Waals surface area contributed by atoms with Gasteiger partial charge in [-0.3, -0.25) is 4.99 Å². The standard InChI is InChI=1S/C16H30N4O3.HI/c1-3-17-15(18-12-13-6-5-7-14(13)21)19-8-10-20(11-9-19)16(22)23-4-2;/h13-14,21H,3-12H2,1-2H3,(H,17,18);1H. The van der Waals surface area contributed by atoms with E-state index in [0.717, 1.165) is 44.9 Å². The summed E-state index contributed by atoms with van der Waals surface area (Å²) in [6.45, 7) is 8.55. The number of rotatable bonds is 4. The lowest BCUT2D eigenvalue weighted by Gasteiger charge is -2.36. The lowest BCUT2D eigenvalue weighted by molar-refractivity contribution is 0.0913. The van der Waals surface area contributed by atoms with Crippen molar-refractivity contribution in [1.82, 2.24) is 15.1 Å². The number of aliphatic hydroxyl groups excluding tert-OH is 1. The van der Waals surface area contributed by atoms with Gasteiger partial charge in [0, 0.05) is 45.2 Å². The fraction of sp³-hybridized carbons (Fsp3) is 0.875. The molecule has 1 saturated heterocycles. The van der Waals surface area contributed by atoms with E-state index in [2.05, 4.69) is 17.1 Å². The molecule has 2 unspecified atom stereocenters. The summed E-state index contributed by atoms with van der Waals surface area (Å²) in [4.78, 5) is 20.4. The van der Waals surface area contributed by atoms with E-state index < -0.39 is 0 Å². The molecule has 1 saturated carbocycles. The van der Waals surface area contributed by atoms with Crippen molar-refractivity contribution in [3.05, 3.63) is 0 Å². The molecule has 1 heterocycles. The van der Waals surface area contributed by atoms with E-state index >= 15 is 0 Å². The number of halogens is 1. The van der Waals surface area contributed by atoms with Gasteiger partial charge in [0.2, 0.25) is 0 Å². The molecule has 2 N–H and O–H groups in total. The van der Waals surface area contributed by atoms with Gasteiger partial charge >= 0.3 is 6.09 Å². The SMILES string of the molecule is CCNC(=NCC1CCCC1O)N1CCN(C(=O)OCC)CC1.I. The van der Waals surface area contributed by atoms with Crippen LogP contribution in [0.4, 0.5) is 4.79 Å². The molecule has 7 nitrogen and oxygen atoms in total. The number of nitrogens with one attached hydrogen (secondary N) is 1. The molecule has 2 rings (SSSR count). The van der Waals surface area contributed by atoms with Crippen molar-refractivity contribution < 1.29 is 14.6 Å². The molecule has 0 spiro atoms. The maximum atomic E-state index is 11.7. The quantitative estimate of drug-likeness (QED) is 0.383. The average molecular weight is 454 g/mol. The summed E-state index contributed by atoms with van der Waals surface area (Å²) in [6.07, 6.45) is 2.61. The van der Waals surface area contributed by atoms with Crippen molar-refractivity contribution in [3.63, 3.8) is 0 Å². The van der Waals surface area contributed by atoms with E-state index in [1.54, 1.807) is 4.90 Å². The predicted octanol–water partition coefficient (Wildman–Crippen LogP) is 1.50. The van der Waals surface area contributed by atoms with Gasteiger partial charge in [0.15, 0.2) is 5.96 Å². The van der Waals surface area contributed by atoms with Crippen LogP contribution in [0.3, 0.4) is 0 Å². The molecule has 2 fully saturated rings. The van der Waals surface area contributed by atoms with Crippen LogP contribution in [0.1, 0.15) is 33.1 Å². The van der Waals surface area contributed by atoms with Crippen LogP contribution in [0.15, 0.2) is 4.99 Å². The third kappa shape index (κ3) is 5.94. The number of aliphatic imine (C=N–C) groups is 1. The molecule has 140 valence electrons. The first-order chi connectivity index (χ1) is 11.2. The van der Waals surface area contributed by atoms with Crippen molar-refractivity contribution in [3.8, 4) is 0 Å². The average Bonchev–Trinajstić information content (AvgIpc) is 2.97. The Morgan fingerprint density at radius 1 is 1.21 bits per heavy atom. The zero-order valence-corrected chi connectivity index (χ0v) is 17.1. The Labute approximate surface area is 161 Å². The van der Waals surface area contributed by atoms with Gasteiger partial charge in [0.05, 0.1) is 12.7 Å². The third-order valence-corrected chi connectivity index (χ3v) is 4.53. The number of ether oxygens (including phenoxy) is 1. The Morgan fingerprint density at radius 2 is 1.88 bits per heavy atom. The Bertz CT molecular complexity index is 414. The molecule has 24 heavy (non-hydrogen) atoms. The second kappa shape index (κ2) is 11.0. The first kappa shape index (κ1) is 21.3. The lowest BCUT2D eigenvalue weighted by atomic mass is 10.1. The number of guanidine groups is 1. The molecule has 2 aliphatic rings. The topological polar surface area (TPSA) is 77.4 Å². The maximum absolute atomic E-state index is 11.7. The minimum atomic E-state index is -0.233. The fourth-order valence-corrected chi connectivity index (χ4v) is 3.18. The second-order valence-electron chi connectivity index (χ2n) is 6.13. The molecule has 1 aliphatic heterocycles. The summed E-state index contributed by atoms with van der Waals surface area (Å²) in [5.74, 6) is 1.17. The maximum Gasteiger partial charge on any atom is 0.409 e. The summed E-state index contributed by atoms with van der Waals surface area (Å²) in [7, 11) is 0. The van der Waals surface area contributed by atoms with Gasteiger partial charge in [-0.15, -0.1) is 24.0 Å². The molecule has 1 amide bonds. The van der Waals surface area contributed by atoms with E-state index in [1.165, 1.54) is 0 Å². The Kier molecular flexibility index (Phi) is 9.72. The Hall–Kier alpha value is -0.770. The van der Waals surface area contributed by atoms with Crippen molar-refractivity contribution in [2.24, 2.45) is 10.9 Å². The number of nitrogens with zero attached hydrogens (tertiary/aromatic N) is 3. The molecule has 1 aliphatic carbocycles. The van der Waals surface area contributed by atoms with Gasteiger partial charge in [-0.05, 0) is 26.7 Å². The Morgan fingerprint density at radius 3 is 2.42 bits per heavy atom. The van der Waals surface area contributed by atoms with Crippen LogP contribution in [0.5, 0.6) is 0 Å². The number of amides is 1. The Balaban J connectivity index is 0.00000288. The largest absolute Gasteiger partial charge is 0.450 e. The van der Waals surface area contributed by atoms with Gasteiger partial charge in [-0.1, -0.05) is 6.42 Å². The zero-order chi connectivity index (χ0) is 16.7. The highest BCUT2D eigenvalue weighted by atomic mass is 127. The summed E-state index contributed by atoms with van der Waals surface area (Å²) < 4.78 is 5.05. The van der Waals surface area contributed by atoms with Crippen LogP contribution in [0.25, 0.3) is 0 Å². The summed E-state index contributed by atoms with van der Waals surface area (Å²) in [6, 6.07) is 0. The van der Waals surface area contributed by atoms with Crippen LogP contribution in [-0.2, 0) is 4.74 Å². The van der Waals surface area contributed by atoms with Gasteiger partial charge < -0.3 is 25.0 Å². The monoisotopic (exact) mass is 454 g/mol. The third-order valence-electron chi connectivity index (χ3n) is 4.53. The first-order valence-corrected chi connectivity index (χ1v) is 8.78. The van der Waals surface area contributed by atoms with Crippen molar-refractivity contribution in [1.29, 1.82) is 0 Å². The highest BCUT2D eigenvalue weighted by molar-refractivity contribution is 14.0. The minimum absolute atomic E-state index is 0. The molecule has 0 bridgehead atoms. The number of carbonyl (C=O) groups is 1. The first-order valence-electron chi connectivity index (χ1n) is 8.78. The van der Waals surface area contributed by atoms with E-state index in [1.807, 2.05) is 6.92 Å². The second-order valence-corrected chi connectivity index (χ2v) is 6.13. The molecule has 8 heteroatoms. The molecule has 0 aromatic heterocycles. The fourth-order valence-electron chi connectivity index (χ4n) is 3.18. The molecule has 0 aromatic rings. The van der Waals surface area contributed by atoms with Crippen molar-refractivity contribution in [2.45, 2.75) is 39.2 Å². The predicted molar refractivity (Wildman–Crippen MR) is 105 cm³/mol. The van der Waals surface area contributed by atoms with E-state index in [4.69, 9.17) is 9.73 Å². The summed E-state index contributed by atoms with van der Waals surface area (Å²) in [5, 5.41) is 13.2. The van der Waals surface area contributed by atoms with Crippen LogP contribution in [0, 0.1) is 5.92 Å². The van der Waals surface area contributed by atoms with Gasteiger partial charge in [-0.2, -0.15) is 0 Å². The van der Waals surface area contributed by atoms with E-state index in [9.17, 15) is 9.90 Å². The molecular formula is C16H31IN4O3. The van der Waals surface area contributed by atoms with Crippen LogP contribution in [0.2, 0.25) is 0 Å². The normalized spacial score (nSPS) is 24.5. The highest BCUT2D eigenvalue weighted by Gasteiger charge is 2.26. The van der Waals surface area contributed by atoms with Gasteiger partial charge in [0.25, 0.3) is 0 Å². The number of hydrogen-bond donors (Lipinski definition) is 2. The molecule has 2 atom stereocenters. The van der Waals surface area contributed by atoms with Gasteiger partial charge in [0.1, 0.15) is 0 Å². The molecular weight excluding hydrogens is 423 g/mol. The van der Waals surface area contributed by atoms with Crippen LogP contribution >= 0.6 is 24.0 Å². The van der Waals surface area contributed by atoms with Crippen LogP contribution in [-0.4, -0.2) is 78.9 Å². The van der Waals surface area contributed by atoms with Crippen LogP contribution < -0.4 is 5.32 Å². The molecule has 0 radical (unpaired) electrons. The summed E-state index contributed by atoms with van der Waals surface area (Å²) in [5.41, 5.74) is 0. The number of piperazine rings is 1. The van der Waals surface area contributed by atoms with Crippen molar-refractivity contribution in [2.75, 3.05) is 45.9 Å².